The molecule has 6 heteroatoms. The minimum atomic E-state index is -0.715. The van der Waals surface area contributed by atoms with Crippen LogP contribution < -0.4 is 0 Å². The van der Waals surface area contributed by atoms with E-state index in [0.717, 1.165) is 17.9 Å². The minimum absolute atomic E-state index is 0.229. The summed E-state index contributed by atoms with van der Waals surface area (Å²) in [6, 6.07) is 0. The second-order valence-corrected chi connectivity index (χ2v) is 4.77. The van der Waals surface area contributed by atoms with E-state index in [0.29, 0.717) is 24.7 Å². The molecule has 2 heterocycles. The molecule has 1 saturated heterocycles. The van der Waals surface area contributed by atoms with Gasteiger partial charge in [0.15, 0.2) is 0 Å². The number of aliphatic carboxylic acids is 1. The van der Waals surface area contributed by atoms with Crippen molar-refractivity contribution in [3.8, 4) is 0 Å². The molecule has 5 nitrogen and oxygen atoms in total. The Morgan fingerprint density at radius 1 is 1.59 bits per heavy atom. The molecular formula is C11H16ClN3O2. The fourth-order valence-corrected chi connectivity index (χ4v) is 2.28. The lowest BCUT2D eigenvalue weighted by molar-refractivity contribution is -0.147. The van der Waals surface area contributed by atoms with Crippen LogP contribution in [0.5, 0.6) is 0 Å². The molecule has 0 saturated carbocycles. The molecular weight excluding hydrogens is 242 g/mol. The Labute approximate surface area is 105 Å². The number of aryl methyl sites for hydroxylation is 2. The minimum Gasteiger partial charge on any atom is -0.481 e. The lowest BCUT2D eigenvalue weighted by Crippen LogP contribution is -2.49. The van der Waals surface area contributed by atoms with E-state index < -0.39 is 5.97 Å². The van der Waals surface area contributed by atoms with Crippen LogP contribution >= 0.6 is 11.6 Å². The molecule has 1 aliphatic rings. The summed E-state index contributed by atoms with van der Waals surface area (Å²) in [6.07, 6.45) is 0. The Morgan fingerprint density at radius 3 is 2.76 bits per heavy atom. The van der Waals surface area contributed by atoms with Gasteiger partial charge in [-0.05, 0) is 13.8 Å². The van der Waals surface area contributed by atoms with Crippen LogP contribution in [0.15, 0.2) is 0 Å². The van der Waals surface area contributed by atoms with E-state index in [1.165, 1.54) is 0 Å². The summed E-state index contributed by atoms with van der Waals surface area (Å²) in [6.45, 7) is 6.55. The Balaban J connectivity index is 2.03. The van der Waals surface area contributed by atoms with E-state index >= 15 is 0 Å². The van der Waals surface area contributed by atoms with Gasteiger partial charge < -0.3 is 5.11 Å². The van der Waals surface area contributed by atoms with Crippen LogP contribution in [0.4, 0.5) is 0 Å². The van der Waals surface area contributed by atoms with Crippen molar-refractivity contribution in [2.24, 2.45) is 5.92 Å². The van der Waals surface area contributed by atoms with Crippen molar-refractivity contribution in [2.45, 2.75) is 26.9 Å². The number of hydrogen-bond donors (Lipinski definition) is 1. The average Bonchev–Trinajstić information content (AvgIpc) is 2.48. The highest BCUT2D eigenvalue weighted by atomic mass is 35.5. The fourth-order valence-electron chi connectivity index (χ4n) is 2.09. The predicted octanol–water partition coefficient (Wildman–Crippen LogP) is 1.38. The second-order valence-electron chi connectivity index (χ2n) is 4.39. The number of likely N-dealkylation sites (tertiary alicyclic amines) is 1. The summed E-state index contributed by atoms with van der Waals surface area (Å²) in [5, 5.41) is 13.8. The van der Waals surface area contributed by atoms with Crippen molar-refractivity contribution < 1.29 is 9.90 Å². The highest BCUT2D eigenvalue weighted by molar-refractivity contribution is 6.31. The maximum atomic E-state index is 10.7. The van der Waals surface area contributed by atoms with Crippen LogP contribution in [-0.4, -0.2) is 38.8 Å². The first-order valence-corrected chi connectivity index (χ1v) is 6.07. The van der Waals surface area contributed by atoms with Crippen LogP contribution in [0.2, 0.25) is 5.02 Å². The Bertz CT molecular complexity index is 438. The van der Waals surface area contributed by atoms with Crippen LogP contribution in [0.1, 0.15) is 18.3 Å². The van der Waals surface area contributed by atoms with Gasteiger partial charge in [0.25, 0.3) is 0 Å². The summed E-state index contributed by atoms with van der Waals surface area (Å²) < 4.78 is 1.88. The molecule has 2 rings (SSSR count). The van der Waals surface area contributed by atoms with Gasteiger partial charge in [-0.15, -0.1) is 0 Å². The number of carbonyl (C=O) groups is 1. The SMILES string of the molecule is CCn1nc(C)c(Cl)c1CN1CC(C(=O)O)C1. The number of carboxylic acids is 1. The molecule has 1 N–H and O–H groups in total. The standard InChI is InChI=1S/C11H16ClN3O2/c1-3-15-9(10(12)7(2)13-15)6-14-4-8(5-14)11(16)17/h8H,3-6H2,1-2H3,(H,16,17). The summed E-state index contributed by atoms with van der Waals surface area (Å²) in [7, 11) is 0. The van der Waals surface area contributed by atoms with Crippen molar-refractivity contribution in [1.29, 1.82) is 0 Å². The third-order valence-corrected chi connectivity index (χ3v) is 3.62. The number of aromatic nitrogens is 2. The van der Waals surface area contributed by atoms with E-state index in [4.69, 9.17) is 16.7 Å². The summed E-state index contributed by atoms with van der Waals surface area (Å²) in [4.78, 5) is 12.8. The number of nitrogens with zero attached hydrogens (tertiary/aromatic N) is 3. The molecule has 0 radical (unpaired) electrons. The van der Waals surface area contributed by atoms with Gasteiger partial charge in [0.1, 0.15) is 0 Å². The number of hydrogen-bond acceptors (Lipinski definition) is 3. The third kappa shape index (κ3) is 2.30. The monoisotopic (exact) mass is 257 g/mol. The summed E-state index contributed by atoms with van der Waals surface area (Å²) >= 11 is 6.19. The largest absolute Gasteiger partial charge is 0.481 e. The molecule has 0 aromatic carbocycles. The molecule has 0 atom stereocenters. The Kier molecular flexibility index (Phi) is 3.40. The van der Waals surface area contributed by atoms with Crippen molar-refractivity contribution in [3.05, 3.63) is 16.4 Å². The highest BCUT2D eigenvalue weighted by Crippen LogP contribution is 2.25. The van der Waals surface area contributed by atoms with Crippen LogP contribution in [0.3, 0.4) is 0 Å². The van der Waals surface area contributed by atoms with Crippen molar-refractivity contribution in [1.82, 2.24) is 14.7 Å². The molecule has 94 valence electrons. The molecule has 1 aromatic rings. The van der Waals surface area contributed by atoms with Gasteiger partial charge in [0.2, 0.25) is 0 Å². The lowest BCUT2D eigenvalue weighted by atomic mass is 10.0. The average molecular weight is 258 g/mol. The first-order valence-electron chi connectivity index (χ1n) is 5.69. The van der Waals surface area contributed by atoms with Gasteiger partial charge >= 0.3 is 5.97 Å². The van der Waals surface area contributed by atoms with Crippen LogP contribution in [0, 0.1) is 12.8 Å². The van der Waals surface area contributed by atoms with E-state index in [9.17, 15) is 4.79 Å². The molecule has 17 heavy (non-hydrogen) atoms. The van der Waals surface area contributed by atoms with E-state index in [1.807, 2.05) is 18.5 Å². The number of halogens is 1. The fraction of sp³-hybridized carbons (Fsp3) is 0.636. The highest BCUT2D eigenvalue weighted by Gasteiger charge is 2.33. The molecule has 0 unspecified atom stereocenters. The van der Waals surface area contributed by atoms with Gasteiger partial charge in [0.05, 0.1) is 22.3 Å². The zero-order valence-electron chi connectivity index (χ0n) is 9.98. The van der Waals surface area contributed by atoms with Crippen molar-refractivity contribution in [2.75, 3.05) is 13.1 Å². The topological polar surface area (TPSA) is 58.4 Å². The predicted molar refractivity (Wildman–Crippen MR) is 64.1 cm³/mol. The van der Waals surface area contributed by atoms with Crippen LogP contribution in [0.25, 0.3) is 0 Å². The zero-order chi connectivity index (χ0) is 12.6. The van der Waals surface area contributed by atoms with Gasteiger partial charge in [-0.1, -0.05) is 11.6 Å². The zero-order valence-corrected chi connectivity index (χ0v) is 10.7. The maximum Gasteiger partial charge on any atom is 0.309 e. The molecule has 0 aliphatic carbocycles. The summed E-state index contributed by atoms with van der Waals surface area (Å²) in [5.74, 6) is -0.944. The first-order chi connectivity index (χ1) is 8.02. The van der Waals surface area contributed by atoms with Gasteiger partial charge in [-0.25, -0.2) is 0 Å². The first kappa shape index (κ1) is 12.4. The number of carboxylic acid groups (broad SMARTS) is 1. The number of rotatable bonds is 4. The second kappa shape index (κ2) is 4.66. The Hall–Kier alpha value is -1.07. The van der Waals surface area contributed by atoms with E-state index in [2.05, 4.69) is 10.00 Å². The van der Waals surface area contributed by atoms with Gasteiger partial charge in [0, 0.05) is 26.2 Å². The maximum absolute atomic E-state index is 10.7. The molecule has 0 amide bonds. The normalized spacial score (nSPS) is 17.1. The van der Waals surface area contributed by atoms with Crippen molar-refractivity contribution in [3.63, 3.8) is 0 Å². The lowest BCUT2D eigenvalue weighted by Gasteiger charge is -2.36. The van der Waals surface area contributed by atoms with Gasteiger partial charge in [-0.3, -0.25) is 14.4 Å². The van der Waals surface area contributed by atoms with E-state index in [1.54, 1.807) is 0 Å². The molecule has 1 aromatic heterocycles. The van der Waals surface area contributed by atoms with Crippen molar-refractivity contribution >= 4 is 17.6 Å². The van der Waals surface area contributed by atoms with E-state index in [-0.39, 0.29) is 5.92 Å². The quantitative estimate of drug-likeness (QED) is 0.885. The molecule has 0 bridgehead atoms. The van der Waals surface area contributed by atoms with Crippen LogP contribution in [-0.2, 0) is 17.9 Å². The molecule has 0 spiro atoms. The molecule has 1 aliphatic heterocycles. The molecule has 1 fully saturated rings. The van der Waals surface area contributed by atoms with Gasteiger partial charge in [-0.2, -0.15) is 5.10 Å². The third-order valence-electron chi connectivity index (χ3n) is 3.13. The Morgan fingerprint density at radius 2 is 2.24 bits per heavy atom. The smallest absolute Gasteiger partial charge is 0.309 e. The summed E-state index contributed by atoms with van der Waals surface area (Å²) in [5.41, 5.74) is 1.81.